The SMILES string of the molecule is CC(C)Oc1ccc(-c2nnc(-c3cc(F)c(OC[C@H](COP(=O)(O)O)NC(=O)OC(C)(C)C)cc3Cl)s2)cc1Cl. The Morgan fingerprint density at radius 3 is 2.37 bits per heavy atom. The van der Waals surface area contributed by atoms with Gasteiger partial charge in [-0.25, -0.2) is 13.8 Å². The number of aromatic nitrogens is 2. The second-order valence-electron chi connectivity index (χ2n) is 9.93. The van der Waals surface area contributed by atoms with Crippen molar-refractivity contribution in [3.05, 3.63) is 46.2 Å². The van der Waals surface area contributed by atoms with Crippen LogP contribution in [0.1, 0.15) is 34.6 Å². The lowest BCUT2D eigenvalue weighted by atomic mass is 10.2. The Morgan fingerprint density at radius 1 is 1.07 bits per heavy atom. The summed E-state index contributed by atoms with van der Waals surface area (Å²) in [6.07, 6.45) is -0.930. The Hall–Kier alpha value is -2.51. The van der Waals surface area contributed by atoms with Crippen LogP contribution in [0.2, 0.25) is 10.0 Å². The van der Waals surface area contributed by atoms with Crippen molar-refractivity contribution in [1.82, 2.24) is 15.5 Å². The van der Waals surface area contributed by atoms with Gasteiger partial charge in [-0.1, -0.05) is 34.5 Å². The molecule has 0 spiro atoms. The third kappa shape index (κ3) is 10.4. The Morgan fingerprint density at radius 2 is 1.76 bits per heavy atom. The van der Waals surface area contributed by atoms with Crippen molar-refractivity contribution in [3.63, 3.8) is 0 Å². The average Bonchev–Trinajstić information content (AvgIpc) is 3.32. The van der Waals surface area contributed by atoms with Crippen molar-refractivity contribution in [1.29, 1.82) is 0 Å². The number of rotatable bonds is 11. The third-order valence-corrected chi connectivity index (χ3v) is 6.92. The van der Waals surface area contributed by atoms with Gasteiger partial charge in [0.05, 0.1) is 28.8 Å². The molecule has 16 heteroatoms. The van der Waals surface area contributed by atoms with E-state index >= 15 is 4.39 Å². The minimum absolute atomic E-state index is 0.0457. The number of halogens is 3. The molecule has 3 rings (SSSR count). The zero-order valence-corrected chi connectivity index (χ0v) is 25.9. The van der Waals surface area contributed by atoms with Crippen LogP contribution in [0, 0.1) is 5.82 Å². The molecule has 41 heavy (non-hydrogen) atoms. The number of nitrogens with one attached hydrogen (secondary N) is 1. The lowest BCUT2D eigenvalue weighted by Crippen LogP contribution is -2.44. The molecule has 0 saturated carbocycles. The summed E-state index contributed by atoms with van der Waals surface area (Å²) in [5, 5.41) is 12.0. The van der Waals surface area contributed by atoms with Gasteiger partial charge in [-0.3, -0.25) is 4.52 Å². The molecule has 3 aromatic rings. The smallest absolute Gasteiger partial charge is 0.469 e. The number of benzene rings is 2. The maximum atomic E-state index is 15.0. The molecule has 11 nitrogen and oxygen atoms in total. The average molecular weight is 652 g/mol. The zero-order chi connectivity index (χ0) is 30.5. The highest BCUT2D eigenvalue weighted by atomic mass is 35.5. The van der Waals surface area contributed by atoms with Crippen molar-refractivity contribution < 1.29 is 42.3 Å². The van der Waals surface area contributed by atoms with E-state index in [-0.39, 0.29) is 22.4 Å². The van der Waals surface area contributed by atoms with Crippen molar-refractivity contribution in [3.8, 4) is 32.6 Å². The van der Waals surface area contributed by atoms with Crippen molar-refractivity contribution in [2.75, 3.05) is 13.2 Å². The van der Waals surface area contributed by atoms with E-state index in [9.17, 15) is 9.36 Å². The van der Waals surface area contributed by atoms with Crippen molar-refractivity contribution in [2.45, 2.75) is 52.4 Å². The standard InChI is InChI=1S/C25H29Cl2FN3O8PS/c1-13(2)38-20-7-6-14(8-18(20)27)22-30-31-23(41-22)16-9-19(28)21(10-17(16)26)36-11-15(12-37-40(33,34)35)29-24(32)39-25(3,4)5/h6-10,13,15H,11-12H2,1-5H3,(H,29,32)(H2,33,34,35)/t15-/m1/s1. The fourth-order valence-corrected chi connectivity index (χ4v) is 4.99. The number of nitrogens with zero attached hydrogens (tertiary/aromatic N) is 2. The fourth-order valence-electron chi connectivity index (χ4n) is 3.22. The van der Waals surface area contributed by atoms with Gasteiger partial charge in [0.15, 0.2) is 11.6 Å². The van der Waals surface area contributed by atoms with Crippen LogP contribution in [0.15, 0.2) is 30.3 Å². The van der Waals surface area contributed by atoms with E-state index in [1.807, 2.05) is 13.8 Å². The predicted molar refractivity (Wildman–Crippen MR) is 153 cm³/mol. The molecule has 1 heterocycles. The molecule has 3 N–H and O–H groups in total. The highest BCUT2D eigenvalue weighted by Crippen LogP contribution is 2.39. The molecule has 224 valence electrons. The van der Waals surface area contributed by atoms with Crippen LogP contribution in [-0.4, -0.2) is 57.0 Å². The molecule has 1 amide bonds. The maximum Gasteiger partial charge on any atom is 0.469 e. The lowest BCUT2D eigenvalue weighted by molar-refractivity contribution is 0.0452. The number of ether oxygens (including phenoxy) is 3. The molecular weight excluding hydrogens is 623 g/mol. The fraction of sp³-hybridized carbons (Fsp3) is 0.400. The summed E-state index contributed by atoms with van der Waals surface area (Å²) >= 11 is 13.9. The van der Waals surface area contributed by atoms with Crippen LogP contribution in [-0.2, 0) is 13.8 Å². The number of amides is 1. The van der Waals surface area contributed by atoms with E-state index in [0.29, 0.717) is 26.4 Å². The molecular formula is C25H29Cl2FN3O8PS. The normalized spacial score (nSPS) is 12.8. The van der Waals surface area contributed by atoms with Crippen LogP contribution in [0.3, 0.4) is 0 Å². The van der Waals surface area contributed by atoms with E-state index < -0.39 is 44.6 Å². The summed E-state index contributed by atoms with van der Waals surface area (Å²) in [6.45, 7) is 7.62. The van der Waals surface area contributed by atoms with Gasteiger partial charge in [0.1, 0.15) is 28.0 Å². The highest BCUT2D eigenvalue weighted by Gasteiger charge is 2.24. The van der Waals surface area contributed by atoms with Gasteiger partial charge in [-0.05, 0) is 58.9 Å². The minimum atomic E-state index is -4.86. The largest absolute Gasteiger partial charge is 0.489 e. The minimum Gasteiger partial charge on any atom is -0.489 e. The molecule has 0 aliphatic carbocycles. The van der Waals surface area contributed by atoms with Crippen LogP contribution in [0.4, 0.5) is 9.18 Å². The first-order valence-corrected chi connectivity index (χ1v) is 15.2. The van der Waals surface area contributed by atoms with Gasteiger partial charge in [-0.2, -0.15) is 0 Å². The van der Waals surface area contributed by atoms with Crippen molar-refractivity contribution >= 4 is 48.5 Å². The summed E-state index contributed by atoms with van der Waals surface area (Å²) < 4.78 is 46.9. The van der Waals surface area contributed by atoms with E-state index in [0.717, 1.165) is 6.07 Å². The first-order valence-electron chi connectivity index (χ1n) is 12.1. The maximum absolute atomic E-state index is 15.0. The molecule has 0 saturated heterocycles. The number of hydrogen-bond acceptors (Lipinski definition) is 9. The number of hydrogen-bond donors (Lipinski definition) is 3. The van der Waals surface area contributed by atoms with Gasteiger partial charge in [0.2, 0.25) is 0 Å². The van der Waals surface area contributed by atoms with E-state index in [1.165, 1.54) is 17.4 Å². The van der Waals surface area contributed by atoms with Gasteiger partial charge in [-0.15, -0.1) is 10.2 Å². The predicted octanol–water partition coefficient (Wildman–Crippen LogP) is 6.49. The molecule has 0 radical (unpaired) electrons. The number of carbonyl (C=O) groups excluding carboxylic acids is 1. The molecule has 0 aliphatic heterocycles. The quantitative estimate of drug-likeness (QED) is 0.196. The lowest BCUT2D eigenvalue weighted by Gasteiger charge is -2.24. The van der Waals surface area contributed by atoms with Crippen LogP contribution in [0.5, 0.6) is 11.5 Å². The Kier molecular flexibility index (Phi) is 11.0. The monoisotopic (exact) mass is 651 g/mol. The first kappa shape index (κ1) is 33.0. The molecule has 2 aromatic carbocycles. The van der Waals surface area contributed by atoms with Crippen LogP contribution >= 0.6 is 42.4 Å². The molecule has 1 aromatic heterocycles. The van der Waals surface area contributed by atoms with E-state index in [1.54, 1.807) is 39.0 Å². The molecule has 0 unspecified atom stereocenters. The van der Waals surface area contributed by atoms with Gasteiger partial charge >= 0.3 is 13.9 Å². The number of carbonyl (C=O) groups is 1. The number of alkyl carbamates (subject to hydrolysis) is 1. The molecule has 0 aliphatic rings. The van der Waals surface area contributed by atoms with E-state index in [2.05, 4.69) is 20.0 Å². The highest BCUT2D eigenvalue weighted by molar-refractivity contribution is 7.46. The molecule has 0 fully saturated rings. The van der Waals surface area contributed by atoms with Crippen molar-refractivity contribution in [2.24, 2.45) is 0 Å². The third-order valence-electron chi connectivity index (χ3n) is 4.82. The second-order valence-corrected chi connectivity index (χ2v) is 13.0. The Bertz CT molecular complexity index is 1430. The number of phosphoric ester groups is 1. The Labute approximate surface area is 250 Å². The summed E-state index contributed by atoms with van der Waals surface area (Å²) in [6, 6.07) is 6.44. The first-order chi connectivity index (χ1) is 19.0. The Balaban J connectivity index is 1.75. The molecule has 0 bridgehead atoms. The van der Waals surface area contributed by atoms with Gasteiger partial charge in [0, 0.05) is 17.2 Å². The number of phosphoric acid groups is 1. The summed E-state index contributed by atoms with van der Waals surface area (Å²) in [7, 11) is -4.86. The van der Waals surface area contributed by atoms with Crippen LogP contribution in [0.25, 0.3) is 21.1 Å². The summed E-state index contributed by atoms with van der Waals surface area (Å²) in [5.41, 5.74) is 0.115. The zero-order valence-electron chi connectivity index (χ0n) is 22.7. The summed E-state index contributed by atoms with van der Waals surface area (Å²) in [5.74, 6) is -0.540. The van der Waals surface area contributed by atoms with Crippen LogP contribution < -0.4 is 14.8 Å². The van der Waals surface area contributed by atoms with E-state index in [4.69, 9.17) is 47.2 Å². The second kappa shape index (κ2) is 13.6. The molecule has 1 atom stereocenters. The van der Waals surface area contributed by atoms with Gasteiger partial charge in [0.25, 0.3) is 0 Å². The summed E-state index contributed by atoms with van der Waals surface area (Å²) in [4.78, 5) is 30.2. The van der Waals surface area contributed by atoms with Gasteiger partial charge < -0.3 is 29.3 Å². The topological polar surface area (TPSA) is 149 Å².